The fourth-order valence-electron chi connectivity index (χ4n) is 3.42. The first-order valence-corrected chi connectivity index (χ1v) is 9.04. The first-order chi connectivity index (χ1) is 12.8. The molecule has 4 rings (SSSR count). The van der Waals surface area contributed by atoms with Gasteiger partial charge in [-0.05, 0) is 31.9 Å². The third-order valence-corrected chi connectivity index (χ3v) is 4.72. The van der Waals surface area contributed by atoms with Crippen LogP contribution in [0.4, 0.5) is 5.95 Å². The highest BCUT2D eigenvalue weighted by Crippen LogP contribution is 2.33. The Morgan fingerprint density at radius 2 is 1.96 bits per heavy atom. The number of anilines is 1. The normalized spacial score (nSPS) is 17.5. The van der Waals surface area contributed by atoms with E-state index >= 15 is 0 Å². The summed E-state index contributed by atoms with van der Waals surface area (Å²) in [6.45, 7) is 4.56. The maximum atomic E-state index is 5.48. The molecular weight excluding hydrogens is 326 g/mol. The van der Waals surface area contributed by atoms with E-state index in [0.717, 1.165) is 43.1 Å². The summed E-state index contributed by atoms with van der Waals surface area (Å²) in [5.41, 5.74) is 3.25. The molecule has 6 heteroatoms. The van der Waals surface area contributed by atoms with Crippen molar-refractivity contribution in [2.24, 2.45) is 0 Å². The van der Waals surface area contributed by atoms with E-state index in [4.69, 9.17) is 4.52 Å². The highest BCUT2D eigenvalue weighted by Gasteiger charge is 2.29. The average Bonchev–Trinajstić information content (AvgIpc) is 3.31. The van der Waals surface area contributed by atoms with Crippen LogP contribution in [0.1, 0.15) is 41.5 Å². The van der Waals surface area contributed by atoms with E-state index in [2.05, 4.69) is 37.5 Å². The Labute approximate surface area is 153 Å². The second kappa shape index (κ2) is 7.66. The topological polar surface area (TPSA) is 67.1 Å². The van der Waals surface area contributed by atoms with Crippen molar-refractivity contribution < 1.29 is 4.52 Å². The molecule has 0 aliphatic carbocycles. The van der Waals surface area contributed by atoms with Crippen LogP contribution in [-0.2, 0) is 13.1 Å². The number of rotatable bonds is 6. The Kier molecular flexibility index (Phi) is 4.93. The van der Waals surface area contributed by atoms with Gasteiger partial charge in [0.05, 0.1) is 11.7 Å². The minimum atomic E-state index is 0.298. The van der Waals surface area contributed by atoms with Crippen LogP contribution in [0, 0.1) is 6.92 Å². The fourth-order valence-corrected chi connectivity index (χ4v) is 3.42. The molecule has 0 spiro atoms. The quantitative estimate of drug-likeness (QED) is 0.731. The molecule has 1 atom stereocenters. The molecule has 6 nitrogen and oxygen atoms in total. The van der Waals surface area contributed by atoms with Crippen molar-refractivity contribution >= 4 is 5.95 Å². The Morgan fingerprint density at radius 1 is 1.15 bits per heavy atom. The van der Waals surface area contributed by atoms with Gasteiger partial charge in [-0.2, -0.15) is 0 Å². The highest BCUT2D eigenvalue weighted by molar-refractivity contribution is 5.28. The maximum absolute atomic E-state index is 5.48. The fraction of sp³-hybridized carbons (Fsp3) is 0.350. The van der Waals surface area contributed by atoms with Crippen molar-refractivity contribution in [2.45, 2.75) is 38.9 Å². The van der Waals surface area contributed by atoms with Gasteiger partial charge in [-0.1, -0.05) is 35.5 Å². The molecule has 1 aliphatic heterocycles. The van der Waals surface area contributed by atoms with Crippen LogP contribution in [0.2, 0.25) is 0 Å². The molecule has 0 unspecified atom stereocenters. The number of nitrogens with zero attached hydrogens (tertiary/aromatic N) is 4. The molecule has 0 amide bonds. The standard InChI is InChI=1S/C20H23N5O/c1-15-10-19(26-24-15)18-8-5-9-25(18)14-17-12-22-20(23-13-17)21-11-16-6-3-2-4-7-16/h2-4,6-7,10,12-13,18H,5,8-9,11,14H2,1H3,(H,21,22,23)/t18-/m1/s1. The van der Waals surface area contributed by atoms with Gasteiger partial charge in [0.15, 0.2) is 5.76 Å². The first kappa shape index (κ1) is 16.7. The monoisotopic (exact) mass is 349 g/mol. The summed E-state index contributed by atoms with van der Waals surface area (Å²) in [6.07, 6.45) is 6.08. The maximum Gasteiger partial charge on any atom is 0.222 e. The predicted octanol–water partition coefficient (Wildman–Crippen LogP) is 3.72. The zero-order chi connectivity index (χ0) is 17.8. The van der Waals surface area contributed by atoms with E-state index in [1.54, 1.807) is 0 Å². The predicted molar refractivity (Wildman–Crippen MR) is 99.4 cm³/mol. The van der Waals surface area contributed by atoms with Crippen molar-refractivity contribution in [2.75, 3.05) is 11.9 Å². The second-order valence-corrected chi connectivity index (χ2v) is 6.75. The number of nitrogens with one attached hydrogen (secondary N) is 1. The second-order valence-electron chi connectivity index (χ2n) is 6.75. The Balaban J connectivity index is 1.36. The zero-order valence-electron chi connectivity index (χ0n) is 14.9. The molecule has 1 aliphatic rings. The summed E-state index contributed by atoms with van der Waals surface area (Å²) >= 11 is 0. The van der Waals surface area contributed by atoms with Gasteiger partial charge in [0.1, 0.15) is 0 Å². The summed E-state index contributed by atoms with van der Waals surface area (Å²) in [4.78, 5) is 11.3. The molecule has 134 valence electrons. The minimum absolute atomic E-state index is 0.298. The van der Waals surface area contributed by atoms with Crippen molar-refractivity contribution in [1.82, 2.24) is 20.0 Å². The van der Waals surface area contributed by atoms with E-state index < -0.39 is 0 Å². The third-order valence-electron chi connectivity index (χ3n) is 4.72. The molecule has 26 heavy (non-hydrogen) atoms. The lowest BCUT2D eigenvalue weighted by molar-refractivity contribution is 0.206. The van der Waals surface area contributed by atoms with E-state index in [0.29, 0.717) is 12.0 Å². The molecule has 0 radical (unpaired) electrons. The number of hydrogen-bond donors (Lipinski definition) is 1. The van der Waals surface area contributed by atoms with Crippen LogP contribution >= 0.6 is 0 Å². The van der Waals surface area contributed by atoms with Crippen molar-refractivity contribution in [3.63, 3.8) is 0 Å². The van der Waals surface area contributed by atoms with E-state index in [-0.39, 0.29) is 0 Å². The van der Waals surface area contributed by atoms with E-state index in [1.165, 1.54) is 12.0 Å². The minimum Gasteiger partial charge on any atom is -0.359 e. The number of hydrogen-bond acceptors (Lipinski definition) is 6. The Morgan fingerprint density at radius 3 is 2.69 bits per heavy atom. The van der Waals surface area contributed by atoms with Crippen molar-refractivity contribution in [3.05, 3.63) is 71.4 Å². The van der Waals surface area contributed by atoms with Crippen LogP contribution in [0.25, 0.3) is 0 Å². The van der Waals surface area contributed by atoms with Gasteiger partial charge in [0.25, 0.3) is 0 Å². The van der Waals surface area contributed by atoms with Crippen LogP contribution in [0.15, 0.2) is 53.3 Å². The summed E-state index contributed by atoms with van der Waals surface area (Å²) in [7, 11) is 0. The largest absolute Gasteiger partial charge is 0.359 e. The van der Waals surface area contributed by atoms with Crippen LogP contribution < -0.4 is 5.32 Å². The lowest BCUT2D eigenvalue weighted by atomic mass is 10.1. The van der Waals surface area contributed by atoms with Gasteiger partial charge in [0, 0.05) is 37.1 Å². The molecule has 1 aromatic carbocycles. The van der Waals surface area contributed by atoms with Crippen LogP contribution in [0.5, 0.6) is 0 Å². The van der Waals surface area contributed by atoms with E-state index in [9.17, 15) is 0 Å². The summed E-state index contributed by atoms with van der Waals surface area (Å²) in [5, 5.41) is 7.29. The zero-order valence-corrected chi connectivity index (χ0v) is 14.9. The van der Waals surface area contributed by atoms with Gasteiger partial charge in [-0.25, -0.2) is 9.97 Å². The number of aryl methyl sites for hydroxylation is 1. The molecule has 2 aromatic heterocycles. The highest BCUT2D eigenvalue weighted by atomic mass is 16.5. The first-order valence-electron chi connectivity index (χ1n) is 9.04. The summed E-state index contributed by atoms with van der Waals surface area (Å²) in [6, 6.07) is 12.6. The number of likely N-dealkylation sites (tertiary alicyclic amines) is 1. The molecule has 1 N–H and O–H groups in total. The molecule has 1 fully saturated rings. The smallest absolute Gasteiger partial charge is 0.222 e. The summed E-state index contributed by atoms with van der Waals surface area (Å²) in [5.74, 6) is 1.61. The molecule has 0 bridgehead atoms. The van der Waals surface area contributed by atoms with Crippen LogP contribution in [-0.4, -0.2) is 26.6 Å². The van der Waals surface area contributed by atoms with Gasteiger partial charge < -0.3 is 9.84 Å². The summed E-state index contributed by atoms with van der Waals surface area (Å²) < 4.78 is 5.48. The third kappa shape index (κ3) is 3.91. The molecule has 3 aromatic rings. The number of aromatic nitrogens is 3. The molecule has 1 saturated heterocycles. The van der Waals surface area contributed by atoms with Gasteiger partial charge in [-0.3, -0.25) is 4.90 Å². The molecule has 0 saturated carbocycles. The van der Waals surface area contributed by atoms with Crippen molar-refractivity contribution in [1.29, 1.82) is 0 Å². The molecule has 3 heterocycles. The van der Waals surface area contributed by atoms with Gasteiger partial charge >= 0.3 is 0 Å². The number of benzene rings is 1. The van der Waals surface area contributed by atoms with Gasteiger partial charge in [0.2, 0.25) is 5.95 Å². The SMILES string of the molecule is Cc1cc([C@H]2CCCN2Cc2cnc(NCc3ccccc3)nc2)on1. The van der Waals surface area contributed by atoms with Crippen molar-refractivity contribution in [3.8, 4) is 0 Å². The average molecular weight is 349 g/mol. The lowest BCUT2D eigenvalue weighted by Gasteiger charge is -2.22. The molecular formula is C20H23N5O. The lowest BCUT2D eigenvalue weighted by Crippen LogP contribution is -2.22. The van der Waals surface area contributed by atoms with Gasteiger partial charge in [-0.15, -0.1) is 0 Å². The Hall–Kier alpha value is -2.73. The Bertz CT molecular complexity index is 831. The van der Waals surface area contributed by atoms with E-state index in [1.807, 2.05) is 43.6 Å². The van der Waals surface area contributed by atoms with Crippen LogP contribution in [0.3, 0.4) is 0 Å².